The molecule has 2 fully saturated rings. The molecule has 0 spiro atoms. The quantitative estimate of drug-likeness (QED) is 0.719. The van der Waals surface area contributed by atoms with Crippen molar-refractivity contribution in [1.29, 1.82) is 0 Å². The van der Waals surface area contributed by atoms with Crippen LogP contribution in [-0.4, -0.2) is 58.7 Å². The predicted molar refractivity (Wildman–Crippen MR) is 74.1 cm³/mol. The Morgan fingerprint density at radius 2 is 2.11 bits per heavy atom. The summed E-state index contributed by atoms with van der Waals surface area (Å²) in [5.41, 5.74) is 0. The van der Waals surface area contributed by atoms with Crippen LogP contribution in [0.3, 0.4) is 0 Å². The Morgan fingerprint density at radius 1 is 1.26 bits per heavy atom. The molecule has 2 rings (SSSR count). The Labute approximate surface area is 116 Å². The summed E-state index contributed by atoms with van der Waals surface area (Å²) in [6.45, 7) is 3.25. The van der Waals surface area contributed by atoms with E-state index >= 15 is 0 Å². The fourth-order valence-electron chi connectivity index (χ4n) is 2.78. The minimum absolute atomic E-state index is 0.0797. The number of nitrogens with one attached hydrogen (secondary N) is 2. The van der Waals surface area contributed by atoms with Crippen LogP contribution < -0.4 is 10.0 Å². The maximum atomic E-state index is 12.4. The zero-order chi connectivity index (χ0) is 13.7. The second-order valence-corrected chi connectivity index (χ2v) is 7.11. The molecular formula is C12H25N3O3S. The molecule has 0 aromatic heterocycles. The monoisotopic (exact) mass is 291 g/mol. The van der Waals surface area contributed by atoms with Crippen molar-refractivity contribution in [3.63, 3.8) is 0 Å². The van der Waals surface area contributed by atoms with Crippen LogP contribution in [0.2, 0.25) is 0 Å². The van der Waals surface area contributed by atoms with Gasteiger partial charge in [-0.25, -0.2) is 4.72 Å². The van der Waals surface area contributed by atoms with Gasteiger partial charge in [0.15, 0.2) is 0 Å². The zero-order valence-electron chi connectivity index (χ0n) is 11.6. The van der Waals surface area contributed by atoms with Gasteiger partial charge in [0, 0.05) is 32.3 Å². The van der Waals surface area contributed by atoms with Crippen LogP contribution in [-0.2, 0) is 14.9 Å². The van der Waals surface area contributed by atoms with Crippen LogP contribution in [0.15, 0.2) is 0 Å². The fourth-order valence-corrected chi connectivity index (χ4v) is 4.33. The Balaban J connectivity index is 1.91. The number of hydrogen-bond donors (Lipinski definition) is 2. The number of likely N-dealkylation sites (N-methyl/N-ethyl adjacent to an activating group) is 1. The van der Waals surface area contributed by atoms with E-state index in [1.807, 2.05) is 7.05 Å². The highest BCUT2D eigenvalue weighted by Crippen LogP contribution is 2.20. The van der Waals surface area contributed by atoms with Crippen molar-refractivity contribution in [3.8, 4) is 0 Å². The number of hydrogen-bond acceptors (Lipinski definition) is 4. The highest BCUT2D eigenvalue weighted by atomic mass is 32.2. The van der Waals surface area contributed by atoms with Crippen molar-refractivity contribution >= 4 is 10.2 Å². The SMILES string of the molecule is CNCC1CCCCN1S(=O)(=O)NCC1CCOC1. The van der Waals surface area contributed by atoms with E-state index in [4.69, 9.17) is 4.74 Å². The Bertz CT molecular complexity index is 366. The molecule has 2 unspecified atom stereocenters. The first-order chi connectivity index (χ1) is 9.13. The largest absolute Gasteiger partial charge is 0.381 e. The zero-order valence-corrected chi connectivity index (χ0v) is 12.4. The van der Waals surface area contributed by atoms with Crippen LogP contribution in [0.4, 0.5) is 0 Å². The normalized spacial score (nSPS) is 29.7. The van der Waals surface area contributed by atoms with Crippen LogP contribution in [0, 0.1) is 5.92 Å². The molecule has 112 valence electrons. The Hall–Kier alpha value is -0.210. The van der Waals surface area contributed by atoms with Crippen molar-refractivity contribution < 1.29 is 13.2 Å². The molecule has 0 amide bonds. The maximum Gasteiger partial charge on any atom is 0.279 e. The van der Waals surface area contributed by atoms with Crippen LogP contribution in [0.25, 0.3) is 0 Å². The van der Waals surface area contributed by atoms with Gasteiger partial charge in [0.2, 0.25) is 0 Å². The van der Waals surface area contributed by atoms with Crippen molar-refractivity contribution in [3.05, 3.63) is 0 Å². The molecule has 0 bridgehead atoms. The standard InChI is InChI=1S/C12H25N3O3S/c1-13-9-12-4-2-3-6-15(12)19(16,17)14-8-11-5-7-18-10-11/h11-14H,2-10H2,1H3. The van der Waals surface area contributed by atoms with E-state index in [1.54, 1.807) is 4.31 Å². The van der Waals surface area contributed by atoms with E-state index in [9.17, 15) is 8.42 Å². The lowest BCUT2D eigenvalue weighted by Crippen LogP contribution is -2.52. The molecule has 6 nitrogen and oxygen atoms in total. The van der Waals surface area contributed by atoms with Crippen LogP contribution >= 0.6 is 0 Å². The van der Waals surface area contributed by atoms with E-state index in [0.29, 0.717) is 32.2 Å². The lowest BCUT2D eigenvalue weighted by Gasteiger charge is -2.34. The topological polar surface area (TPSA) is 70.7 Å². The van der Waals surface area contributed by atoms with Gasteiger partial charge < -0.3 is 10.1 Å². The molecule has 2 heterocycles. The summed E-state index contributed by atoms with van der Waals surface area (Å²) in [6.07, 6.45) is 3.94. The third-order valence-corrected chi connectivity index (χ3v) is 5.53. The van der Waals surface area contributed by atoms with E-state index < -0.39 is 10.2 Å². The van der Waals surface area contributed by atoms with E-state index in [0.717, 1.165) is 32.3 Å². The maximum absolute atomic E-state index is 12.4. The van der Waals surface area contributed by atoms with Gasteiger partial charge in [0.05, 0.1) is 6.61 Å². The van der Waals surface area contributed by atoms with Gasteiger partial charge in [-0.1, -0.05) is 6.42 Å². The van der Waals surface area contributed by atoms with Crippen LogP contribution in [0.5, 0.6) is 0 Å². The van der Waals surface area contributed by atoms with Gasteiger partial charge >= 0.3 is 0 Å². The van der Waals surface area contributed by atoms with Crippen molar-refractivity contribution in [1.82, 2.24) is 14.3 Å². The van der Waals surface area contributed by atoms with Crippen molar-refractivity contribution in [2.75, 3.05) is 39.9 Å². The fraction of sp³-hybridized carbons (Fsp3) is 1.00. The first kappa shape index (κ1) is 15.2. The molecule has 2 aliphatic rings. The molecule has 0 aliphatic carbocycles. The minimum atomic E-state index is -3.35. The van der Waals surface area contributed by atoms with E-state index in [-0.39, 0.29) is 6.04 Å². The van der Waals surface area contributed by atoms with Gasteiger partial charge in [-0.05, 0) is 32.2 Å². The third-order valence-electron chi connectivity index (χ3n) is 3.90. The Kier molecular flexibility index (Phi) is 5.58. The molecular weight excluding hydrogens is 266 g/mol. The van der Waals surface area contributed by atoms with E-state index in [2.05, 4.69) is 10.0 Å². The lowest BCUT2D eigenvalue weighted by atomic mass is 10.1. The molecule has 0 radical (unpaired) electrons. The van der Waals surface area contributed by atoms with Gasteiger partial charge in [0.25, 0.3) is 10.2 Å². The molecule has 0 aromatic carbocycles. The summed E-state index contributed by atoms with van der Waals surface area (Å²) in [6, 6.07) is 0.0797. The molecule has 19 heavy (non-hydrogen) atoms. The third kappa shape index (κ3) is 4.13. The molecule has 7 heteroatoms. The smallest absolute Gasteiger partial charge is 0.279 e. The van der Waals surface area contributed by atoms with Gasteiger partial charge in [-0.3, -0.25) is 0 Å². The summed E-state index contributed by atoms with van der Waals surface area (Å²) >= 11 is 0. The van der Waals surface area contributed by atoms with Gasteiger partial charge in [0.1, 0.15) is 0 Å². The minimum Gasteiger partial charge on any atom is -0.381 e. The summed E-state index contributed by atoms with van der Waals surface area (Å²) in [5, 5.41) is 3.08. The number of rotatable bonds is 6. The second kappa shape index (κ2) is 6.99. The molecule has 2 aliphatic heterocycles. The van der Waals surface area contributed by atoms with Crippen molar-refractivity contribution in [2.24, 2.45) is 5.92 Å². The van der Waals surface area contributed by atoms with Gasteiger partial charge in [-0.15, -0.1) is 0 Å². The van der Waals surface area contributed by atoms with Crippen LogP contribution in [0.1, 0.15) is 25.7 Å². The summed E-state index contributed by atoms with van der Waals surface area (Å²) < 4.78 is 34.4. The highest BCUT2D eigenvalue weighted by Gasteiger charge is 2.32. The highest BCUT2D eigenvalue weighted by molar-refractivity contribution is 7.87. The number of nitrogens with zero attached hydrogens (tertiary/aromatic N) is 1. The average Bonchev–Trinajstić information content (AvgIpc) is 2.91. The van der Waals surface area contributed by atoms with Crippen molar-refractivity contribution in [2.45, 2.75) is 31.7 Å². The summed E-state index contributed by atoms with van der Waals surface area (Å²) in [7, 11) is -1.49. The lowest BCUT2D eigenvalue weighted by molar-refractivity contribution is 0.186. The first-order valence-corrected chi connectivity index (χ1v) is 8.56. The molecule has 2 atom stereocenters. The Morgan fingerprint density at radius 3 is 2.79 bits per heavy atom. The summed E-state index contributed by atoms with van der Waals surface area (Å²) in [5.74, 6) is 0.322. The van der Waals surface area contributed by atoms with Gasteiger partial charge in [-0.2, -0.15) is 12.7 Å². The predicted octanol–water partition coefficient (Wildman–Crippen LogP) is -0.0688. The average molecular weight is 291 g/mol. The molecule has 2 saturated heterocycles. The number of piperidine rings is 1. The first-order valence-electron chi connectivity index (χ1n) is 7.12. The summed E-state index contributed by atoms with van der Waals surface area (Å²) in [4.78, 5) is 0. The van der Waals surface area contributed by atoms with E-state index in [1.165, 1.54) is 0 Å². The molecule has 2 N–H and O–H groups in total. The number of ether oxygens (including phenoxy) is 1. The molecule has 0 saturated carbocycles. The molecule has 0 aromatic rings. The second-order valence-electron chi connectivity index (χ2n) is 5.40.